The lowest BCUT2D eigenvalue weighted by atomic mass is 9.76. The number of hydrogen-bond donors (Lipinski definition) is 0. The van der Waals surface area contributed by atoms with E-state index in [0.29, 0.717) is 0 Å². The van der Waals surface area contributed by atoms with Crippen LogP contribution in [0.2, 0.25) is 0 Å². The summed E-state index contributed by atoms with van der Waals surface area (Å²) in [7, 11) is 5.33. The fourth-order valence-electron chi connectivity index (χ4n) is 6.06. The molecule has 0 atom stereocenters. The topological polar surface area (TPSA) is 17.8 Å². The van der Waals surface area contributed by atoms with E-state index < -0.39 is 9.52 Å². The lowest BCUT2D eigenvalue weighted by Gasteiger charge is -2.37. The number of hydrogen-bond acceptors (Lipinski definition) is 1. The molecule has 0 unspecified atom stereocenters. The number of benzene rings is 5. The molecule has 0 aliphatic heterocycles. The summed E-state index contributed by atoms with van der Waals surface area (Å²) < 4.78 is 2.32. The van der Waals surface area contributed by atoms with Crippen molar-refractivity contribution >= 4 is 22.6 Å². The molecule has 0 aliphatic rings. The van der Waals surface area contributed by atoms with Gasteiger partial charge in [0.1, 0.15) is 0 Å². The van der Waals surface area contributed by atoms with E-state index in [0.717, 1.165) is 11.1 Å². The average molecular weight is 603 g/mol. The highest BCUT2D eigenvalue weighted by Gasteiger charge is 2.36. The van der Waals surface area contributed by atoms with E-state index in [1.165, 1.54) is 54.0 Å². The van der Waals surface area contributed by atoms with Crippen molar-refractivity contribution in [1.82, 2.24) is 9.55 Å². The highest BCUT2D eigenvalue weighted by Crippen LogP contribution is 2.33. The average Bonchev–Trinajstić information content (AvgIpc) is 3.67. The molecule has 4 heteroatoms. The smallest absolute Gasteiger partial charge is 0.0965 e. The quantitative estimate of drug-likeness (QED) is 0.102. The predicted molar refractivity (Wildman–Crippen MR) is 194 cm³/mol. The number of imidazole rings is 1. The van der Waals surface area contributed by atoms with Gasteiger partial charge in [0.25, 0.3) is 0 Å². The van der Waals surface area contributed by atoms with Gasteiger partial charge in [0.15, 0.2) is 0 Å². The Labute approximate surface area is 273 Å². The van der Waals surface area contributed by atoms with Crippen LogP contribution in [0.4, 0.5) is 0 Å². The van der Waals surface area contributed by atoms with Crippen molar-refractivity contribution in [3.63, 3.8) is 0 Å². The van der Waals surface area contributed by atoms with Gasteiger partial charge in [-0.1, -0.05) is 177 Å². The minimum Gasteiger partial charge on any atom is -0.326 e. The summed E-state index contributed by atoms with van der Waals surface area (Å²) in [5.74, 6) is -0.0163. The lowest BCUT2D eigenvalue weighted by molar-refractivity contribution is 0.596. The van der Waals surface area contributed by atoms with Crippen molar-refractivity contribution in [2.45, 2.75) is 50.0 Å². The van der Waals surface area contributed by atoms with Crippen molar-refractivity contribution in [2.75, 3.05) is 0 Å². The predicted octanol–water partition coefficient (Wildman–Crippen LogP) is 8.19. The summed E-state index contributed by atoms with van der Waals surface area (Å²) in [6.07, 6.45) is 12.4. The van der Waals surface area contributed by atoms with Gasteiger partial charge in [0.05, 0.1) is 28.9 Å². The minimum absolute atomic E-state index is 0.0163. The molecule has 0 amide bonds. The zero-order valence-electron chi connectivity index (χ0n) is 26.4. The van der Waals surface area contributed by atoms with Gasteiger partial charge in [-0.05, 0) is 46.5 Å². The van der Waals surface area contributed by atoms with Crippen molar-refractivity contribution in [2.24, 2.45) is 0 Å². The zero-order valence-corrected chi connectivity index (χ0v) is 27.8. The normalized spacial score (nSPS) is 11.4. The fourth-order valence-corrected chi connectivity index (χ4v) is 8.37. The van der Waals surface area contributed by atoms with Gasteiger partial charge in [-0.25, -0.2) is 4.98 Å². The molecule has 45 heavy (non-hydrogen) atoms. The first kappa shape index (κ1) is 32.0. The maximum atomic E-state index is 6.12. The van der Waals surface area contributed by atoms with E-state index in [4.69, 9.17) is 7.85 Å². The number of nitrogens with zero attached hydrogens (tertiary/aromatic N) is 2. The molecule has 6 rings (SSSR count). The molecule has 0 bridgehead atoms. The molecule has 2 radical (unpaired) electrons. The van der Waals surface area contributed by atoms with Gasteiger partial charge in [0, 0.05) is 12.4 Å². The van der Waals surface area contributed by atoms with Crippen molar-refractivity contribution in [3.05, 3.63) is 192 Å². The molecule has 224 valence electrons. The first-order chi connectivity index (χ1) is 22.2. The lowest BCUT2D eigenvalue weighted by Crippen LogP contribution is -2.46. The SMILES string of the molecule is CCCCCCc1ccc([SiH2]C(c2ccccc2)(c2ccccc2)n2ccnc2)cc1.[B]C(c1ccccc1)c1ccccc1. The summed E-state index contributed by atoms with van der Waals surface area (Å²) in [4.78, 5) is 4.43. The van der Waals surface area contributed by atoms with Gasteiger partial charge in [0.2, 0.25) is 0 Å². The van der Waals surface area contributed by atoms with Crippen LogP contribution in [-0.2, 0) is 11.6 Å². The van der Waals surface area contributed by atoms with Crippen LogP contribution in [0.3, 0.4) is 0 Å². The second kappa shape index (κ2) is 16.6. The third-order valence-corrected chi connectivity index (χ3v) is 11.1. The van der Waals surface area contributed by atoms with Crippen molar-refractivity contribution < 1.29 is 0 Å². The molecule has 1 aromatic heterocycles. The Morgan fingerprint density at radius 3 is 1.62 bits per heavy atom. The van der Waals surface area contributed by atoms with Crippen molar-refractivity contribution in [3.8, 4) is 0 Å². The molecule has 2 nitrogen and oxygen atoms in total. The number of rotatable bonds is 12. The fraction of sp³-hybridized carbons (Fsp3) is 0.195. The van der Waals surface area contributed by atoms with Crippen LogP contribution in [0.25, 0.3) is 0 Å². The Morgan fingerprint density at radius 2 is 1.16 bits per heavy atom. The molecule has 0 saturated carbocycles. The van der Waals surface area contributed by atoms with Gasteiger partial charge in [-0.15, -0.1) is 0 Å². The Morgan fingerprint density at radius 1 is 0.644 bits per heavy atom. The molecule has 1 heterocycles. The van der Waals surface area contributed by atoms with E-state index in [1.54, 1.807) is 0 Å². The van der Waals surface area contributed by atoms with Crippen LogP contribution in [0, 0.1) is 0 Å². The summed E-state index contributed by atoms with van der Waals surface area (Å²) in [6.45, 7) is 2.27. The minimum atomic E-state index is -0.790. The van der Waals surface area contributed by atoms with Gasteiger partial charge in [-0.2, -0.15) is 0 Å². The Kier molecular flexibility index (Phi) is 11.8. The van der Waals surface area contributed by atoms with Crippen LogP contribution >= 0.6 is 0 Å². The highest BCUT2D eigenvalue weighted by atomic mass is 28.2. The Balaban J connectivity index is 0.000000238. The molecule has 5 aromatic carbocycles. The molecule has 0 aliphatic carbocycles. The Bertz CT molecular complexity index is 1560. The molecule has 0 spiro atoms. The zero-order chi connectivity index (χ0) is 31.2. The van der Waals surface area contributed by atoms with Gasteiger partial charge in [-0.3, -0.25) is 0 Å². The van der Waals surface area contributed by atoms with Crippen LogP contribution in [-0.4, -0.2) is 26.9 Å². The third kappa shape index (κ3) is 8.40. The maximum Gasteiger partial charge on any atom is 0.0965 e. The largest absolute Gasteiger partial charge is 0.326 e. The molecule has 0 saturated heterocycles. The van der Waals surface area contributed by atoms with Gasteiger partial charge >= 0.3 is 0 Å². The molecular weight excluding hydrogens is 559 g/mol. The maximum absolute atomic E-state index is 6.12. The van der Waals surface area contributed by atoms with E-state index in [2.05, 4.69) is 132 Å². The van der Waals surface area contributed by atoms with E-state index in [-0.39, 0.29) is 11.0 Å². The molecular formula is C41H43BN2Si. The van der Waals surface area contributed by atoms with E-state index in [1.807, 2.05) is 48.9 Å². The molecule has 0 N–H and O–H groups in total. The number of unbranched alkanes of at least 4 members (excludes halogenated alkanes) is 3. The second-order valence-electron chi connectivity index (χ2n) is 11.7. The van der Waals surface area contributed by atoms with E-state index in [9.17, 15) is 0 Å². The van der Waals surface area contributed by atoms with E-state index >= 15 is 0 Å². The number of aryl methyl sites for hydroxylation is 1. The molecule has 6 aromatic rings. The third-order valence-electron chi connectivity index (χ3n) is 8.57. The highest BCUT2D eigenvalue weighted by molar-refractivity contribution is 6.57. The van der Waals surface area contributed by atoms with Crippen LogP contribution in [0.5, 0.6) is 0 Å². The number of aromatic nitrogens is 2. The van der Waals surface area contributed by atoms with Crippen molar-refractivity contribution in [1.29, 1.82) is 0 Å². The summed E-state index contributed by atoms with van der Waals surface area (Å²) >= 11 is 0. The monoisotopic (exact) mass is 602 g/mol. The first-order valence-corrected chi connectivity index (χ1v) is 17.6. The second-order valence-corrected chi connectivity index (χ2v) is 13.9. The van der Waals surface area contributed by atoms with Crippen LogP contribution < -0.4 is 5.19 Å². The van der Waals surface area contributed by atoms with Gasteiger partial charge < -0.3 is 4.57 Å². The summed E-state index contributed by atoms with van der Waals surface area (Å²) in [6, 6.07) is 51.6. The Hall–Kier alpha value is -4.41. The van der Waals surface area contributed by atoms with Crippen LogP contribution in [0.1, 0.15) is 66.2 Å². The summed E-state index contributed by atoms with van der Waals surface area (Å²) in [5.41, 5.74) is 6.42. The standard InChI is InChI=1S/C28H32N2Si.C13H11B/c1-2-3-4-7-12-24-17-19-27(20-18-24)31-28(30-22-21-29-23-30,25-13-8-5-9-14-25)26-15-10-6-11-16-26;14-13(11-7-3-1-4-8-11)12-9-5-2-6-10-12/h5-6,8-11,13-23H,2-4,7,12,31H2,1H3;1-10,13H. The summed E-state index contributed by atoms with van der Waals surface area (Å²) in [5, 5.41) is 1.26. The molecule has 0 fully saturated rings. The first-order valence-electron chi connectivity index (χ1n) is 16.2. The van der Waals surface area contributed by atoms with Crippen LogP contribution in [0.15, 0.2) is 164 Å².